The smallest absolute Gasteiger partial charge is 0.387 e. The molecule has 1 saturated carbocycles. The minimum atomic E-state index is -2.98. The third-order valence-electron chi connectivity index (χ3n) is 5.66. The van der Waals surface area contributed by atoms with Crippen molar-refractivity contribution >= 4 is 17.1 Å². The molecule has 1 unspecified atom stereocenters. The number of fused-ring (bicyclic) bond motifs is 1. The van der Waals surface area contributed by atoms with Crippen molar-refractivity contribution in [1.29, 1.82) is 0 Å². The summed E-state index contributed by atoms with van der Waals surface area (Å²) in [6, 6.07) is 6.20. The molecule has 166 valence electrons. The first kappa shape index (κ1) is 21.0. The van der Waals surface area contributed by atoms with Gasteiger partial charge in [-0.15, -0.1) is 0 Å². The van der Waals surface area contributed by atoms with Crippen LogP contribution in [0.3, 0.4) is 0 Å². The van der Waals surface area contributed by atoms with Crippen LogP contribution in [0, 0.1) is 0 Å². The zero-order valence-electron chi connectivity index (χ0n) is 17.0. The van der Waals surface area contributed by atoms with Crippen molar-refractivity contribution in [1.82, 2.24) is 19.1 Å². The molecule has 1 aromatic carbocycles. The zero-order chi connectivity index (χ0) is 22.1. The Morgan fingerprint density at radius 2 is 2.03 bits per heavy atom. The van der Waals surface area contributed by atoms with Crippen LogP contribution in [0.1, 0.15) is 31.2 Å². The van der Waals surface area contributed by atoms with E-state index in [-0.39, 0.29) is 35.5 Å². The molecular formula is C20H24F2N6O3. The van der Waals surface area contributed by atoms with Gasteiger partial charge in [-0.25, -0.2) is 4.79 Å². The van der Waals surface area contributed by atoms with E-state index in [0.29, 0.717) is 11.5 Å². The lowest BCUT2D eigenvalue weighted by Gasteiger charge is -2.29. The molecule has 2 heterocycles. The number of nitrogens with two attached hydrogens (primary N) is 1. The molecule has 3 aromatic rings. The highest BCUT2D eigenvalue weighted by atomic mass is 19.3. The summed E-state index contributed by atoms with van der Waals surface area (Å²) < 4.78 is 33.2. The zero-order valence-corrected chi connectivity index (χ0v) is 17.0. The summed E-state index contributed by atoms with van der Waals surface area (Å²) in [7, 11) is 1.50. The first-order valence-electron chi connectivity index (χ1n) is 10.1. The number of anilines is 1. The van der Waals surface area contributed by atoms with E-state index in [2.05, 4.69) is 20.0 Å². The maximum atomic E-state index is 12.9. The van der Waals surface area contributed by atoms with E-state index >= 15 is 0 Å². The highest BCUT2D eigenvalue weighted by molar-refractivity contribution is 5.74. The first-order chi connectivity index (χ1) is 14.8. The molecule has 1 fully saturated rings. The molecule has 2 atom stereocenters. The highest BCUT2D eigenvalue weighted by Gasteiger charge is 2.25. The molecule has 1 aliphatic rings. The van der Waals surface area contributed by atoms with Gasteiger partial charge in [-0.2, -0.15) is 13.8 Å². The van der Waals surface area contributed by atoms with Gasteiger partial charge in [-0.3, -0.25) is 18.9 Å². The Morgan fingerprint density at radius 1 is 1.29 bits per heavy atom. The quantitative estimate of drug-likeness (QED) is 0.544. The van der Waals surface area contributed by atoms with E-state index in [1.165, 1.54) is 17.7 Å². The predicted octanol–water partition coefficient (Wildman–Crippen LogP) is 1.75. The van der Waals surface area contributed by atoms with E-state index in [1.807, 2.05) is 0 Å². The van der Waals surface area contributed by atoms with Crippen molar-refractivity contribution < 1.29 is 13.5 Å². The molecule has 0 spiro atoms. The minimum Gasteiger partial charge on any atom is -0.434 e. The normalized spacial score (nSPS) is 19.1. The second kappa shape index (κ2) is 8.50. The number of aryl methyl sites for hydroxylation is 1. The monoisotopic (exact) mass is 434 g/mol. The molecule has 31 heavy (non-hydrogen) atoms. The van der Waals surface area contributed by atoms with Gasteiger partial charge in [0.1, 0.15) is 5.75 Å². The van der Waals surface area contributed by atoms with Crippen LogP contribution in [-0.2, 0) is 13.6 Å². The van der Waals surface area contributed by atoms with Crippen LogP contribution < -0.4 is 27.0 Å². The summed E-state index contributed by atoms with van der Waals surface area (Å²) in [6.07, 6.45) is 3.75. The van der Waals surface area contributed by atoms with Gasteiger partial charge in [0.05, 0.1) is 6.54 Å². The molecule has 0 amide bonds. The van der Waals surface area contributed by atoms with Gasteiger partial charge >= 0.3 is 12.3 Å². The third-order valence-corrected chi connectivity index (χ3v) is 5.66. The molecule has 0 radical (unpaired) electrons. The summed E-state index contributed by atoms with van der Waals surface area (Å²) in [5.74, 6) is 0.344. The fourth-order valence-electron chi connectivity index (χ4n) is 4.02. The Balaban J connectivity index is 1.84. The van der Waals surface area contributed by atoms with Crippen LogP contribution in [0.2, 0.25) is 0 Å². The van der Waals surface area contributed by atoms with Crippen LogP contribution in [-0.4, -0.2) is 37.8 Å². The number of benzene rings is 1. The average Bonchev–Trinajstić information content (AvgIpc) is 3.08. The number of H-pyrrole nitrogens is 1. The number of hydrogen-bond donors (Lipinski definition) is 3. The number of para-hydroxylation sites is 1. The molecule has 0 aliphatic heterocycles. The summed E-state index contributed by atoms with van der Waals surface area (Å²) in [5.41, 5.74) is 5.83. The van der Waals surface area contributed by atoms with E-state index < -0.39 is 17.9 Å². The van der Waals surface area contributed by atoms with Crippen molar-refractivity contribution in [3.05, 3.63) is 50.7 Å². The Morgan fingerprint density at radius 3 is 2.77 bits per heavy atom. The lowest BCUT2D eigenvalue weighted by molar-refractivity contribution is -0.0504. The summed E-state index contributed by atoms with van der Waals surface area (Å²) >= 11 is 0. The van der Waals surface area contributed by atoms with E-state index in [9.17, 15) is 18.4 Å². The number of alkyl halides is 2. The van der Waals surface area contributed by atoms with E-state index in [0.717, 1.165) is 25.7 Å². The largest absolute Gasteiger partial charge is 0.434 e. The average molecular weight is 434 g/mol. The Bertz CT molecular complexity index is 1200. The molecule has 9 nitrogen and oxygen atoms in total. The Hall–Kier alpha value is -3.21. The molecule has 1 aliphatic carbocycles. The maximum absolute atomic E-state index is 12.9. The van der Waals surface area contributed by atoms with Crippen LogP contribution in [0.25, 0.3) is 11.2 Å². The van der Waals surface area contributed by atoms with Gasteiger partial charge < -0.3 is 15.8 Å². The van der Waals surface area contributed by atoms with Gasteiger partial charge in [0.25, 0.3) is 5.56 Å². The van der Waals surface area contributed by atoms with Crippen LogP contribution in [0.5, 0.6) is 5.75 Å². The van der Waals surface area contributed by atoms with Gasteiger partial charge in [-0.05, 0) is 18.9 Å². The van der Waals surface area contributed by atoms with Crippen molar-refractivity contribution in [2.45, 2.75) is 50.9 Å². The summed E-state index contributed by atoms with van der Waals surface area (Å²) in [6.45, 7) is -2.95. The highest BCUT2D eigenvalue weighted by Crippen LogP contribution is 2.27. The predicted molar refractivity (Wildman–Crippen MR) is 112 cm³/mol. The molecule has 11 heteroatoms. The summed E-state index contributed by atoms with van der Waals surface area (Å²) in [4.78, 5) is 31.5. The number of nitrogens with one attached hydrogen (secondary N) is 2. The van der Waals surface area contributed by atoms with Crippen molar-refractivity contribution in [3.63, 3.8) is 0 Å². The summed E-state index contributed by atoms with van der Waals surface area (Å²) in [5, 5.41) is 3.31. The van der Waals surface area contributed by atoms with Crippen molar-refractivity contribution in [2.24, 2.45) is 12.8 Å². The topological polar surface area (TPSA) is 120 Å². The standard InChI is InChI=1S/C20H24F2N6O3/c1-27-16-15(17(29)26-20(27)30)28(10-11-6-2-5-9-14(11)31-18(21)22)19(25-16)24-13-8-4-3-7-12(13)23/h2,5-6,9,12-13,18H,3-4,7-8,10,23H2,1H3,(H,24,25)(H,26,29,30)/t12?,13-/m0/s1. The van der Waals surface area contributed by atoms with Crippen LogP contribution in [0.4, 0.5) is 14.7 Å². The Labute approximate surface area is 175 Å². The second-order valence-electron chi connectivity index (χ2n) is 7.70. The van der Waals surface area contributed by atoms with Gasteiger partial charge in [0.2, 0.25) is 5.95 Å². The SMILES string of the molecule is Cn1c(=O)[nH]c(=O)c2c1nc(N[C@H]1CCCCC1N)n2Cc1ccccc1OC(F)F. The van der Waals surface area contributed by atoms with Crippen molar-refractivity contribution in [2.75, 3.05) is 5.32 Å². The third kappa shape index (κ3) is 4.18. The van der Waals surface area contributed by atoms with Gasteiger partial charge in [0, 0.05) is 24.7 Å². The first-order valence-corrected chi connectivity index (χ1v) is 10.1. The molecule has 0 saturated heterocycles. The lowest BCUT2D eigenvalue weighted by atomic mass is 9.91. The minimum absolute atomic E-state index is 0.000848. The number of hydrogen-bond acceptors (Lipinski definition) is 6. The number of rotatable bonds is 6. The number of nitrogens with zero attached hydrogens (tertiary/aromatic N) is 3. The van der Waals surface area contributed by atoms with Crippen LogP contribution in [0.15, 0.2) is 33.9 Å². The molecule has 0 bridgehead atoms. The number of halogens is 2. The fourth-order valence-corrected chi connectivity index (χ4v) is 4.02. The lowest BCUT2D eigenvalue weighted by Crippen LogP contribution is -2.43. The number of aromatic amines is 1. The Kier molecular flexibility index (Phi) is 5.77. The van der Waals surface area contributed by atoms with E-state index in [4.69, 9.17) is 5.73 Å². The molecular weight excluding hydrogens is 410 g/mol. The number of ether oxygens (including phenoxy) is 1. The van der Waals surface area contributed by atoms with Crippen molar-refractivity contribution in [3.8, 4) is 5.75 Å². The number of imidazole rings is 1. The van der Waals surface area contributed by atoms with Crippen LogP contribution >= 0.6 is 0 Å². The maximum Gasteiger partial charge on any atom is 0.387 e. The molecule has 4 N–H and O–H groups in total. The van der Waals surface area contributed by atoms with Gasteiger partial charge in [0.15, 0.2) is 11.2 Å². The molecule has 2 aromatic heterocycles. The fraction of sp³-hybridized carbons (Fsp3) is 0.450. The van der Waals surface area contributed by atoms with Gasteiger partial charge in [-0.1, -0.05) is 31.0 Å². The van der Waals surface area contributed by atoms with E-state index in [1.54, 1.807) is 22.8 Å². The number of aromatic nitrogens is 4. The second-order valence-corrected chi connectivity index (χ2v) is 7.70. The molecule has 4 rings (SSSR count).